The predicted molar refractivity (Wildman–Crippen MR) is 80.5 cm³/mol. The number of ether oxygens (including phenoxy) is 2. The lowest BCUT2D eigenvalue weighted by atomic mass is 10.0. The molecule has 0 spiro atoms. The van der Waals surface area contributed by atoms with E-state index in [2.05, 4.69) is 0 Å². The monoisotopic (exact) mass is 282 g/mol. The maximum atomic E-state index is 12.4. The third-order valence-corrected chi connectivity index (χ3v) is 3.54. The molecule has 2 aromatic carbocycles. The lowest BCUT2D eigenvalue weighted by Gasteiger charge is -2.23. The summed E-state index contributed by atoms with van der Waals surface area (Å²) in [5, 5.41) is 0. The second-order valence-electron chi connectivity index (χ2n) is 5.14. The molecular weight excluding hydrogens is 264 g/mol. The summed E-state index contributed by atoms with van der Waals surface area (Å²) in [6.45, 7) is 0.743. The van der Waals surface area contributed by atoms with E-state index in [0.29, 0.717) is 16.9 Å². The first kappa shape index (κ1) is 13.8. The highest BCUT2D eigenvalue weighted by Crippen LogP contribution is 2.21. The fourth-order valence-corrected chi connectivity index (χ4v) is 2.42. The van der Waals surface area contributed by atoms with E-state index in [4.69, 9.17) is 9.47 Å². The molecular formula is C18H18O3. The van der Waals surface area contributed by atoms with Crippen molar-refractivity contribution in [2.75, 3.05) is 6.61 Å². The Hall–Kier alpha value is -2.13. The average molecular weight is 282 g/mol. The molecule has 1 fully saturated rings. The average Bonchev–Trinajstić information content (AvgIpc) is 2.56. The maximum absolute atomic E-state index is 12.4. The second-order valence-corrected chi connectivity index (χ2v) is 5.14. The molecule has 0 aromatic heterocycles. The largest absolute Gasteiger partial charge is 0.465 e. The minimum Gasteiger partial charge on any atom is -0.465 e. The standard InChI is InChI=1S/C18H18O3/c19-18(14-7-2-1-3-8-14)15-9-6-10-16(13-15)21-17-11-4-5-12-20-17/h1-3,6-10,13,17H,4-5,11-12H2. The van der Waals surface area contributed by atoms with Crippen molar-refractivity contribution >= 4 is 5.78 Å². The van der Waals surface area contributed by atoms with E-state index in [1.165, 1.54) is 0 Å². The van der Waals surface area contributed by atoms with Gasteiger partial charge in [-0.15, -0.1) is 0 Å². The highest BCUT2D eigenvalue weighted by Gasteiger charge is 2.16. The highest BCUT2D eigenvalue weighted by atomic mass is 16.7. The summed E-state index contributed by atoms with van der Waals surface area (Å²) in [5.74, 6) is 0.689. The molecule has 1 unspecified atom stereocenters. The van der Waals surface area contributed by atoms with Gasteiger partial charge in [0.05, 0.1) is 6.61 Å². The molecule has 1 heterocycles. The normalized spacial score (nSPS) is 18.2. The molecule has 3 heteroatoms. The quantitative estimate of drug-likeness (QED) is 0.800. The van der Waals surface area contributed by atoms with Crippen LogP contribution in [0.4, 0.5) is 0 Å². The van der Waals surface area contributed by atoms with Crippen LogP contribution in [0, 0.1) is 0 Å². The molecule has 1 atom stereocenters. The second kappa shape index (κ2) is 6.55. The number of benzene rings is 2. The van der Waals surface area contributed by atoms with E-state index in [1.807, 2.05) is 48.5 Å². The molecule has 1 aliphatic rings. The molecule has 3 nitrogen and oxygen atoms in total. The fraction of sp³-hybridized carbons (Fsp3) is 0.278. The maximum Gasteiger partial charge on any atom is 0.199 e. The summed E-state index contributed by atoms with van der Waals surface area (Å²) < 4.78 is 11.4. The molecule has 108 valence electrons. The summed E-state index contributed by atoms with van der Waals surface area (Å²) >= 11 is 0. The van der Waals surface area contributed by atoms with E-state index < -0.39 is 0 Å². The van der Waals surface area contributed by atoms with Gasteiger partial charge in [0.2, 0.25) is 0 Å². The van der Waals surface area contributed by atoms with E-state index in [9.17, 15) is 4.79 Å². The summed E-state index contributed by atoms with van der Waals surface area (Å²) in [4.78, 5) is 12.4. The van der Waals surface area contributed by atoms with E-state index in [0.717, 1.165) is 25.9 Å². The Bertz CT molecular complexity index is 601. The van der Waals surface area contributed by atoms with Crippen molar-refractivity contribution in [2.45, 2.75) is 25.6 Å². The predicted octanol–water partition coefficient (Wildman–Crippen LogP) is 3.82. The van der Waals surface area contributed by atoms with Crippen molar-refractivity contribution in [3.8, 4) is 5.75 Å². The Balaban J connectivity index is 1.75. The van der Waals surface area contributed by atoms with Gasteiger partial charge in [-0.3, -0.25) is 4.79 Å². The number of hydrogen-bond donors (Lipinski definition) is 0. The van der Waals surface area contributed by atoms with Gasteiger partial charge in [0.15, 0.2) is 12.1 Å². The lowest BCUT2D eigenvalue weighted by molar-refractivity contribution is -0.105. The van der Waals surface area contributed by atoms with Gasteiger partial charge in [-0.1, -0.05) is 42.5 Å². The van der Waals surface area contributed by atoms with Gasteiger partial charge in [0.1, 0.15) is 5.75 Å². The number of carbonyl (C=O) groups is 1. The molecule has 3 rings (SSSR count). The summed E-state index contributed by atoms with van der Waals surface area (Å²) in [6, 6.07) is 16.6. The van der Waals surface area contributed by atoms with Crippen LogP contribution >= 0.6 is 0 Å². The molecule has 0 bridgehead atoms. The number of hydrogen-bond acceptors (Lipinski definition) is 3. The minimum atomic E-state index is -0.194. The Labute approximate surface area is 124 Å². The van der Waals surface area contributed by atoms with Crippen molar-refractivity contribution in [3.63, 3.8) is 0 Å². The molecule has 21 heavy (non-hydrogen) atoms. The number of ketones is 1. The number of carbonyl (C=O) groups excluding carboxylic acids is 1. The van der Waals surface area contributed by atoms with Crippen LogP contribution in [0.3, 0.4) is 0 Å². The van der Waals surface area contributed by atoms with Crippen molar-refractivity contribution < 1.29 is 14.3 Å². The van der Waals surface area contributed by atoms with Crippen LogP contribution in [0.15, 0.2) is 54.6 Å². The molecule has 1 saturated heterocycles. The number of rotatable bonds is 4. The van der Waals surface area contributed by atoms with Gasteiger partial charge >= 0.3 is 0 Å². The van der Waals surface area contributed by atoms with E-state index >= 15 is 0 Å². The first-order chi connectivity index (χ1) is 10.3. The smallest absolute Gasteiger partial charge is 0.199 e. The van der Waals surface area contributed by atoms with Gasteiger partial charge in [-0.05, 0) is 25.0 Å². The molecule has 0 aliphatic carbocycles. The zero-order chi connectivity index (χ0) is 14.5. The Morgan fingerprint density at radius 2 is 1.81 bits per heavy atom. The first-order valence-corrected chi connectivity index (χ1v) is 7.31. The van der Waals surface area contributed by atoms with Crippen LogP contribution in [-0.4, -0.2) is 18.7 Å². The van der Waals surface area contributed by atoms with Gasteiger partial charge < -0.3 is 9.47 Å². The Kier molecular flexibility index (Phi) is 4.31. The first-order valence-electron chi connectivity index (χ1n) is 7.31. The summed E-state index contributed by atoms with van der Waals surface area (Å²) in [5.41, 5.74) is 1.32. The molecule has 0 N–H and O–H groups in total. The Morgan fingerprint density at radius 3 is 2.57 bits per heavy atom. The van der Waals surface area contributed by atoms with Crippen LogP contribution in [0.1, 0.15) is 35.2 Å². The SMILES string of the molecule is O=C(c1ccccc1)c1cccc(OC2CCCCO2)c1. The summed E-state index contributed by atoms with van der Waals surface area (Å²) in [6.07, 6.45) is 2.91. The van der Waals surface area contributed by atoms with Gasteiger partial charge in [-0.25, -0.2) is 0 Å². The molecule has 0 amide bonds. The molecule has 2 aromatic rings. The van der Waals surface area contributed by atoms with Crippen molar-refractivity contribution in [2.24, 2.45) is 0 Å². The fourth-order valence-electron chi connectivity index (χ4n) is 2.42. The van der Waals surface area contributed by atoms with Crippen LogP contribution in [0.2, 0.25) is 0 Å². The molecule has 1 aliphatic heterocycles. The Morgan fingerprint density at radius 1 is 1.00 bits per heavy atom. The van der Waals surface area contributed by atoms with Crippen LogP contribution < -0.4 is 4.74 Å². The van der Waals surface area contributed by atoms with E-state index in [1.54, 1.807) is 6.07 Å². The third kappa shape index (κ3) is 3.50. The van der Waals surface area contributed by atoms with Crippen molar-refractivity contribution in [1.82, 2.24) is 0 Å². The van der Waals surface area contributed by atoms with Gasteiger partial charge in [0.25, 0.3) is 0 Å². The summed E-state index contributed by atoms with van der Waals surface area (Å²) in [7, 11) is 0. The third-order valence-electron chi connectivity index (χ3n) is 3.54. The molecule has 0 saturated carbocycles. The van der Waals surface area contributed by atoms with Crippen LogP contribution in [-0.2, 0) is 4.74 Å². The highest BCUT2D eigenvalue weighted by molar-refractivity contribution is 6.09. The zero-order valence-electron chi connectivity index (χ0n) is 11.8. The van der Waals surface area contributed by atoms with Crippen molar-refractivity contribution in [1.29, 1.82) is 0 Å². The van der Waals surface area contributed by atoms with Gasteiger partial charge in [0, 0.05) is 17.5 Å². The van der Waals surface area contributed by atoms with Gasteiger partial charge in [-0.2, -0.15) is 0 Å². The van der Waals surface area contributed by atoms with E-state index in [-0.39, 0.29) is 12.1 Å². The minimum absolute atomic E-state index is 0.00520. The zero-order valence-corrected chi connectivity index (χ0v) is 11.8. The van der Waals surface area contributed by atoms with Crippen molar-refractivity contribution in [3.05, 3.63) is 65.7 Å². The lowest BCUT2D eigenvalue weighted by Crippen LogP contribution is -2.25. The molecule has 0 radical (unpaired) electrons. The topological polar surface area (TPSA) is 35.5 Å². The van der Waals surface area contributed by atoms with Crippen LogP contribution in [0.25, 0.3) is 0 Å². The van der Waals surface area contributed by atoms with Crippen LogP contribution in [0.5, 0.6) is 5.75 Å².